The topological polar surface area (TPSA) is 60.8 Å². The molecular formula is C20H19N3O. The first-order valence-corrected chi connectivity index (χ1v) is 8.27. The first-order valence-electron chi connectivity index (χ1n) is 8.27. The van der Waals surface area contributed by atoms with Crippen molar-refractivity contribution in [1.29, 1.82) is 5.26 Å². The number of ether oxygens (including phenoxy) is 1. The van der Waals surface area contributed by atoms with E-state index in [0.717, 1.165) is 24.2 Å². The molecule has 24 heavy (non-hydrogen) atoms. The lowest BCUT2D eigenvalue weighted by atomic mass is 10.1. The van der Waals surface area contributed by atoms with Gasteiger partial charge in [-0.1, -0.05) is 18.2 Å². The SMILES string of the molecule is N#Cc1ccc2[nH]cc([C@@H]3C[C@H]3NCCOc3ccccc3)c2c1. The van der Waals surface area contributed by atoms with Crippen LogP contribution >= 0.6 is 0 Å². The first kappa shape index (κ1) is 14.8. The van der Waals surface area contributed by atoms with Gasteiger partial charge in [-0.25, -0.2) is 0 Å². The largest absolute Gasteiger partial charge is 0.492 e. The van der Waals surface area contributed by atoms with Crippen molar-refractivity contribution in [3.63, 3.8) is 0 Å². The van der Waals surface area contributed by atoms with Crippen LogP contribution in [0.15, 0.2) is 54.7 Å². The number of nitrogens with one attached hydrogen (secondary N) is 2. The summed E-state index contributed by atoms with van der Waals surface area (Å²) in [6, 6.07) is 18.4. The molecule has 4 heteroatoms. The molecular weight excluding hydrogens is 298 g/mol. The average Bonchev–Trinajstić information content (AvgIpc) is 3.28. The molecule has 0 unspecified atom stereocenters. The van der Waals surface area contributed by atoms with Gasteiger partial charge in [0.1, 0.15) is 12.4 Å². The van der Waals surface area contributed by atoms with E-state index in [1.54, 1.807) is 0 Å². The molecule has 4 nitrogen and oxygen atoms in total. The molecule has 2 N–H and O–H groups in total. The van der Waals surface area contributed by atoms with Crippen molar-refractivity contribution in [3.05, 3.63) is 65.9 Å². The molecule has 2 aromatic carbocycles. The zero-order valence-corrected chi connectivity index (χ0v) is 13.3. The molecule has 0 aliphatic heterocycles. The Morgan fingerprint density at radius 3 is 2.92 bits per heavy atom. The normalized spacial score (nSPS) is 19.1. The van der Waals surface area contributed by atoms with E-state index in [0.29, 0.717) is 24.1 Å². The van der Waals surface area contributed by atoms with Crippen LogP contribution in [-0.2, 0) is 0 Å². The molecule has 0 radical (unpaired) electrons. The van der Waals surface area contributed by atoms with Crippen molar-refractivity contribution in [2.75, 3.05) is 13.2 Å². The molecule has 0 bridgehead atoms. The second-order valence-electron chi connectivity index (χ2n) is 6.18. The van der Waals surface area contributed by atoms with Crippen molar-refractivity contribution in [2.45, 2.75) is 18.4 Å². The number of rotatable bonds is 6. The van der Waals surface area contributed by atoms with Crippen LogP contribution in [0.25, 0.3) is 10.9 Å². The van der Waals surface area contributed by atoms with Crippen molar-refractivity contribution in [3.8, 4) is 11.8 Å². The highest BCUT2D eigenvalue weighted by Gasteiger charge is 2.39. The molecule has 1 aliphatic carbocycles. The van der Waals surface area contributed by atoms with Crippen molar-refractivity contribution < 1.29 is 4.74 Å². The highest BCUT2D eigenvalue weighted by atomic mass is 16.5. The van der Waals surface area contributed by atoms with Crippen LogP contribution < -0.4 is 10.1 Å². The van der Waals surface area contributed by atoms with Gasteiger partial charge in [-0.3, -0.25) is 0 Å². The van der Waals surface area contributed by atoms with E-state index in [4.69, 9.17) is 10.00 Å². The van der Waals surface area contributed by atoms with E-state index >= 15 is 0 Å². The highest BCUT2D eigenvalue weighted by molar-refractivity contribution is 5.85. The van der Waals surface area contributed by atoms with Gasteiger partial charge in [-0.05, 0) is 42.3 Å². The molecule has 2 atom stereocenters. The van der Waals surface area contributed by atoms with Crippen LogP contribution in [0.2, 0.25) is 0 Å². The van der Waals surface area contributed by atoms with Gasteiger partial charge in [-0.15, -0.1) is 0 Å². The minimum Gasteiger partial charge on any atom is -0.492 e. The molecule has 3 aromatic rings. The molecule has 1 heterocycles. The first-order chi connectivity index (χ1) is 11.8. The third kappa shape index (κ3) is 2.99. The smallest absolute Gasteiger partial charge is 0.119 e. The van der Waals surface area contributed by atoms with Crippen LogP contribution in [-0.4, -0.2) is 24.2 Å². The molecule has 4 rings (SSSR count). The predicted octanol–water partition coefficient (Wildman–Crippen LogP) is 3.56. The lowest BCUT2D eigenvalue weighted by Gasteiger charge is -2.07. The summed E-state index contributed by atoms with van der Waals surface area (Å²) in [5, 5.41) is 13.8. The average molecular weight is 317 g/mol. The zero-order chi connectivity index (χ0) is 16.4. The number of fused-ring (bicyclic) bond motifs is 1. The lowest BCUT2D eigenvalue weighted by molar-refractivity contribution is 0.313. The summed E-state index contributed by atoms with van der Waals surface area (Å²) < 4.78 is 5.71. The molecule has 1 aliphatic rings. The fourth-order valence-electron chi connectivity index (χ4n) is 3.21. The van der Waals surface area contributed by atoms with Crippen molar-refractivity contribution >= 4 is 10.9 Å². The van der Waals surface area contributed by atoms with E-state index in [9.17, 15) is 0 Å². The van der Waals surface area contributed by atoms with E-state index in [1.165, 1.54) is 10.9 Å². The van der Waals surface area contributed by atoms with Crippen LogP contribution in [0.5, 0.6) is 5.75 Å². The molecule has 0 spiro atoms. The highest BCUT2D eigenvalue weighted by Crippen LogP contribution is 2.43. The van der Waals surface area contributed by atoms with Gasteiger partial charge in [0.15, 0.2) is 0 Å². The van der Waals surface area contributed by atoms with Gasteiger partial charge in [0.05, 0.1) is 11.6 Å². The van der Waals surface area contributed by atoms with Crippen LogP contribution in [0, 0.1) is 11.3 Å². The van der Waals surface area contributed by atoms with E-state index < -0.39 is 0 Å². The summed E-state index contributed by atoms with van der Waals surface area (Å²) in [6.07, 6.45) is 3.22. The minimum absolute atomic E-state index is 0.495. The third-order valence-electron chi connectivity index (χ3n) is 4.55. The summed E-state index contributed by atoms with van der Waals surface area (Å²) in [6.45, 7) is 1.50. The second-order valence-corrected chi connectivity index (χ2v) is 6.18. The van der Waals surface area contributed by atoms with E-state index in [-0.39, 0.29) is 0 Å². The Balaban J connectivity index is 1.33. The number of aromatic amines is 1. The monoisotopic (exact) mass is 317 g/mol. The van der Waals surface area contributed by atoms with E-state index in [1.807, 2.05) is 48.5 Å². The summed E-state index contributed by atoms with van der Waals surface area (Å²) in [7, 11) is 0. The Morgan fingerprint density at radius 2 is 2.08 bits per heavy atom. The predicted molar refractivity (Wildman–Crippen MR) is 94.1 cm³/mol. The Morgan fingerprint density at radius 1 is 1.21 bits per heavy atom. The maximum Gasteiger partial charge on any atom is 0.119 e. The fraction of sp³-hybridized carbons (Fsp3) is 0.250. The zero-order valence-electron chi connectivity index (χ0n) is 13.3. The molecule has 0 saturated heterocycles. The number of H-pyrrole nitrogens is 1. The van der Waals surface area contributed by atoms with E-state index in [2.05, 4.69) is 22.6 Å². The molecule has 1 fully saturated rings. The molecule has 120 valence electrons. The maximum absolute atomic E-state index is 9.08. The third-order valence-corrected chi connectivity index (χ3v) is 4.55. The maximum atomic E-state index is 9.08. The number of para-hydroxylation sites is 1. The van der Waals surface area contributed by atoms with Gasteiger partial charge < -0.3 is 15.0 Å². The summed E-state index contributed by atoms with van der Waals surface area (Å²) in [4.78, 5) is 3.31. The van der Waals surface area contributed by atoms with Gasteiger partial charge in [0, 0.05) is 35.6 Å². The number of hydrogen-bond donors (Lipinski definition) is 2. The fourth-order valence-corrected chi connectivity index (χ4v) is 3.21. The molecule has 1 aromatic heterocycles. The number of benzene rings is 2. The van der Waals surface area contributed by atoms with Crippen LogP contribution in [0.1, 0.15) is 23.5 Å². The van der Waals surface area contributed by atoms with Crippen LogP contribution in [0.4, 0.5) is 0 Å². The Hall–Kier alpha value is -2.77. The number of nitriles is 1. The van der Waals surface area contributed by atoms with Gasteiger partial charge in [-0.2, -0.15) is 5.26 Å². The van der Waals surface area contributed by atoms with Gasteiger partial charge in [0.25, 0.3) is 0 Å². The van der Waals surface area contributed by atoms with Crippen LogP contribution in [0.3, 0.4) is 0 Å². The lowest BCUT2D eigenvalue weighted by Crippen LogP contribution is -2.24. The van der Waals surface area contributed by atoms with Crippen molar-refractivity contribution in [2.24, 2.45) is 0 Å². The quantitative estimate of drug-likeness (QED) is 0.683. The summed E-state index contributed by atoms with van der Waals surface area (Å²) in [5.74, 6) is 1.43. The van der Waals surface area contributed by atoms with Gasteiger partial charge >= 0.3 is 0 Å². The minimum atomic E-state index is 0.495. The van der Waals surface area contributed by atoms with Gasteiger partial charge in [0.2, 0.25) is 0 Å². The molecule has 1 saturated carbocycles. The number of nitrogens with zero attached hydrogens (tertiary/aromatic N) is 1. The Labute approximate surface area is 141 Å². The Kier molecular flexibility index (Phi) is 3.94. The summed E-state index contributed by atoms with van der Waals surface area (Å²) in [5.41, 5.74) is 3.12. The second kappa shape index (κ2) is 6.38. The number of hydrogen-bond acceptors (Lipinski definition) is 3. The number of aromatic nitrogens is 1. The summed E-state index contributed by atoms with van der Waals surface area (Å²) >= 11 is 0. The standard InChI is InChI=1S/C20H19N3O/c21-12-14-6-7-19-16(10-14)18(13-23-19)17-11-20(17)22-8-9-24-15-4-2-1-3-5-15/h1-7,10,13,17,20,22-23H,8-9,11H2/t17-,20+/m0/s1. The molecule has 0 amide bonds. The van der Waals surface area contributed by atoms with Crippen molar-refractivity contribution in [1.82, 2.24) is 10.3 Å². The Bertz CT molecular complexity index is 879.